The minimum absolute atomic E-state index is 0.0211. The average molecular weight is 374 g/mol. The number of hydrogen-bond donors (Lipinski definition) is 3. The van der Waals surface area contributed by atoms with Gasteiger partial charge in [-0.15, -0.1) is 0 Å². The van der Waals surface area contributed by atoms with Gasteiger partial charge in [0.1, 0.15) is 5.56 Å². The molecule has 1 aromatic carbocycles. The average Bonchev–Trinajstić information content (AvgIpc) is 3.23. The molecule has 28 heavy (non-hydrogen) atoms. The Morgan fingerprint density at radius 2 is 2.00 bits per heavy atom. The highest BCUT2D eigenvalue weighted by Crippen LogP contribution is 2.38. The molecule has 0 aliphatic carbocycles. The summed E-state index contributed by atoms with van der Waals surface area (Å²) in [6.45, 7) is 0. The third-order valence-electron chi connectivity index (χ3n) is 4.20. The number of nitrogens with one attached hydrogen (secondary N) is 1. The van der Waals surface area contributed by atoms with Crippen LogP contribution in [0.2, 0.25) is 0 Å². The number of aldehydes is 1. The Morgan fingerprint density at radius 1 is 1.21 bits per heavy atom. The summed E-state index contributed by atoms with van der Waals surface area (Å²) >= 11 is 0. The van der Waals surface area contributed by atoms with E-state index in [1.54, 1.807) is 36.7 Å². The summed E-state index contributed by atoms with van der Waals surface area (Å²) in [6.07, 6.45) is 5.33. The Hall–Kier alpha value is -4.20. The van der Waals surface area contributed by atoms with Gasteiger partial charge in [0.05, 0.1) is 0 Å². The van der Waals surface area contributed by atoms with Crippen LogP contribution in [-0.2, 0) is 0 Å². The topological polar surface area (TPSA) is 131 Å². The number of nitrogens with two attached hydrogens (primary N) is 1. The van der Waals surface area contributed by atoms with E-state index in [1.807, 2.05) is 6.07 Å². The maximum atomic E-state index is 11.5. The van der Waals surface area contributed by atoms with Crippen LogP contribution in [0.5, 0.6) is 5.75 Å². The first-order chi connectivity index (χ1) is 13.6. The van der Waals surface area contributed by atoms with E-state index >= 15 is 0 Å². The largest absolute Gasteiger partial charge is 0.504 e. The molecule has 1 amide bonds. The van der Waals surface area contributed by atoms with Crippen molar-refractivity contribution in [2.24, 2.45) is 10.7 Å². The van der Waals surface area contributed by atoms with E-state index in [0.717, 1.165) is 5.56 Å². The number of carbonyl (C=O) groups excluding carboxylic acids is 2. The summed E-state index contributed by atoms with van der Waals surface area (Å²) in [6, 6.07) is 9.92. The number of fused-ring (bicyclic) bond motifs is 1. The summed E-state index contributed by atoms with van der Waals surface area (Å²) in [4.78, 5) is 31.0. The number of nitrogens with zero attached hydrogens (tertiary/aromatic N) is 2. The van der Waals surface area contributed by atoms with Gasteiger partial charge in [0.25, 0.3) is 0 Å². The summed E-state index contributed by atoms with van der Waals surface area (Å²) in [7, 11) is 0. The Balaban J connectivity index is 1.67. The lowest BCUT2D eigenvalue weighted by Gasteiger charge is -2.04. The van der Waals surface area contributed by atoms with Crippen LogP contribution in [0.25, 0.3) is 11.6 Å². The molecule has 0 radical (unpaired) electrons. The standard InChI is InChI=1S/C20H14N4O4/c21-18(27)11-3-5-13(6-4-11)24-20-15(10-25)17(26)16(28-20)8-12-9-23-19-14(12)2-1-7-22-19/h1-10,24,26H,(H2,21,27). The van der Waals surface area contributed by atoms with Gasteiger partial charge in [0, 0.05) is 34.8 Å². The molecule has 8 heteroatoms. The van der Waals surface area contributed by atoms with E-state index in [1.165, 1.54) is 12.1 Å². The highest BCUT2D eigenvalue weighted by Gasteiger charge is 2.21. The number of pyridine rings is 1. The molecule has 0 spiro atoms. The molecule has 0 atom stereocenters. The predicted molar refractivity (Wildman–Crippen MR) is 104 cm³/mol. The van der Waals surface area contributed by atoms with E-state index in [-0.39, 0.29) is 23.0 Å². The van der Waals surface area contributed by atoms with E-state index in [0.29, 0.717) is 28.9 Å². The van der Waals surface area contributed by atoms with E-state index < -0.39 is 5.91 Å². The normalized spacial score (nSPS) is 13.5. The number of benzene rings is 1. The molecule has 4 rings (SSSR count). The molecule has 0 unspecified atom stereocenters. The Kier molecular flexibility index (Phi) is 4.21. The van der Waals surface area contributed by atoms with E-state index in [2.05, 4.69) is 15.3 Å². The molecule has 138 valence electrons. The second-order valence-electron chi connectivity index (χ2n) is 5.97. The van der Waals surface area contributed by atoms with Gasteiger partial charge in [-0.2, -0.15) is 0 Å². The molecule has 2 aromatic heterocycles. The molecule has 0 saturated heterocycles. The summed E-state index contributed by atoms with van der Waals surface area (Å²) < 4.78 is 5.65. The zero-order valence-corrected chi connectivity index (χ0v) is 14.4. The number of aromatic hydroxyl groups is 1. The highest BCUT2D eigenvalue weighted by molar-refractivity contribution is 6.21. The van der Waals surface area contributed by atoms with Crippen molar-refractivity contribution in [1.82, 2.24) is 4.98 Å². The number of hydrogen-bond acceptors (Lipinski definition) is 7. The number of anilines is 2. The second-order valence-corrected chi connectivity index (χ2v) is 5.97. The van der Waals surface area contributed by atoms with Crippen LogP contribution >= 0.6 is 0 Å². The van der Waals surface area contributed by atoms with Gasteiger partial charge >= 0.3 is 0 Å². The fraction of sp³-hybridized carbons (Fsp3) is 0. The van der Waals surface area contributed by atoms with E-state index in [9.17, 15) is 14.7 Å². The van der Waals surface area contributed by atoms with Crippen molar-refractivity contribution in [3.63, 3.8) is 0 Å². The minimum Gasteiger partial charge on any atom is -0.504 e. The molecule has 3 heterocycles. The van der Waals surface area contributed by atoms with Gasteiger partial charge in [-0.05, 0) is 42.5 Å². The van der Waals surface area contributed by atoms with Gasteiger partial charge in [0.15, 0.2) is 23.6 Å². The first kappa shape index (κ1) is 17.2. The van der Waals surface area contributed by atoms with Gasteiger partial charge < -0.3 is 20.6 Å². The quantitative estimate of drug-likeness (QED) is 0.587. The number of primary amides is 1. The number of aliphatic imine (C=N–C) groups is 1. The highest BCUT2D eigenvalue weighted by atomic mass is 16.4. The molecule has 0 bridgehead atoms. The van der Waals surface area contributed by atoms with Crippen LogP contribution in [0, 0.1) is 0 Å². The van der Waals surface area contributed by atoms with Gasteiger partial charge in [-0.25, -0.2) is 9.98 Å². The first-order valence-corrected chi connectivity index (χ1v) is 8.26. The molecular formula is C20H14N4O4. The van der Waals surface area contributed by atoms with Crippen LogP contribution in [0.4, 0.5) is 17.4 Å². The lowest BCUT2D eigenvalue weighted by atomic mass is 10.1. The zero-order valence-electron chi connectivity index (χ0n) is 14.4. The fourth-order valence-electron chi connectivity index (χ4n) is 2.78. The van der Waals surface area contributed by atoms with Crippen molar-refractivity contribution < 1.29 is 19.1 Å². The van der Waals surface area contributed by atoms with Gasteiger partial charge in [-0.3, -0.25) is 9.59 Å². The maximum Gasteiger partial charge on any atom is 0.248 e. The van der Waals surface area contributed by atoms with Crippen LogP contribution in [-0.4, -0.2) is 28.5 Å². The lowest BCUT2D eigenvalue weighted by molar-refractivity contribution is 0.0999. The minimum atomic E-state index is -0.544. The number of allylic oxidation sites excluding steroid dienone is 1. The van der Waals surface area contributed by atoms with Crippen molar-refractivity contribution >= 4 is 47.4 Å². The molecule has 1 aliphatic rings. The monoisotopic (exact) mass is 374 g/mol. The van der Waals surface area contributed by atoms with Gasteiger partial charge in [-0.1, -0.05) is 0 Å². The smallest absolute Gasteiger partial charge is 0.248 e. The Bertz CT molecular complexity index is 1140. The Labute approximate surface area is 159 Å². The molecular weight excluding hydrogens is 360 g/mol. The lowest BCUT2D eigenvalue weighted by Crippen LogP contribution is -2.10. The molecule has 3 aromatic rings. The molecule has 4 N–H and O–H groups in total. The number of furan rings is 1. The van der Waals surface area contributed by atoms with E-state index in [4.69, 9.17) is 10.2 Å². The molecule has 1 aliphatic heterocycles. The molecule has 0 fully saturated rings. The number of carbonyl (C=O) groups is 2. The Morgan fingerprint density at radius 3 is 2.71 bits per heavy atom. The summed E-state index contributed by atoms with van der Waals surface area (Å²) in [5, 5.41) is 13.3. The number of amides is 1. The van der Waals surface area contributed by atoms with Crippen molar-refractivity contribution in [3.05, 3.63) is 65.0 Å². The van der Waals surface area contributed by atoms with Crippen molar-refractivity contribution in [3.8, 4) is 5.75 Å². The van der Waals surface area contributed by atoms with Crippen molar-refractivity contribution in [2.45, 2.75) is 0 Å². The van der Waals surface area contributed by atoms with Crippen molar-refractivity contribution in [1.29, 1.82) is 0 Å². The SMILES string of the molecule is NC(=O)c1ccc(Nc2oc(C=C3C=Nc4ncccc43)c(O)c2C=O)cc1. The number of rotatable bonds is 5. The van der Waals surface area contributed by atoms with Crippen LogP contribution in [0.15, 0.2) is 52.0 Å². The maximum absolute atomic E-state index is 11.5. The van der Waals surface area contributed by atoms with Gasteiger partial charge in [0.2, 0.25) is 11.8 Å². The first-order valence-electron chi connectivity index (χ1n) is 8.26. The summed E-state index contributed by atoms with van der Waals surface area (Å²) in [5.41, 5.74) is 7.59. The van der Waals surface area contributed by atoms with Crippen LogP contribution in [0.3, 0.4) is 0 Å². The summed E-state index contributed by atoms with van der Waals surface area (Å²) in [5.74, 6) is -0.0745. The fourth-order valence-corrected chi connectivity index (χ4v) is 2.78. The molecule has 8 nitrogen and oxygen atoms in total. The second kappa shape index (κ2) is 6.84. The zero-order chi connectivity index (χ0) is 19.7. The predicted octanol–water partition coefficient (Wildman–Crippen LogP) is 3.29. The van der Waals surface area contributed by atoms with Crippen LogP contribution < -0.4 is 11.1 Å². The molecule has 0 saturated carbocycles. The third-order valence-corrected chi connectivity index (χ3v) is 4.20. The third kappa shape index (κ3) is 3.03. The van der Waals surface area contributed by atoms with Crippen LogP contribution in [0.1, 0.15) is 32.0 Å². The van der Waals surface area contributed by atoms with Crippen molar-refractivity contribution in [2.75, 3.05) is 5.32 Å². The number of aromatic nitrogens is 1.